The number of alkyl halides is 1. The van der Waals surface area contributed by atoms with Gasteiger partial charge in [-0.25, -0.2) is 0 Å². The van der Waals surface area contributed by atoms with Crippen LogP contribution in [0.4, 0.5) is 0 Å². The van der Waals surface area contributed by atoms with Gasteiger partial charge < -0.3 is 0 Å². The first-order valence-corrected chi connectivity index (χ1v) is 3.49. The first kappa shape index (κ1) is 11.9. The van der Waals surface area contributed by atoms with Gasteiger partial charge in [-0.1, -0.05) is 35.9 Å². The van der Waals surface area contributed by atoms with Crippen LogP contribution in [0.1, 0.15) is 0 Å². The van der Waals surface area contributed by atoms with Gasteiger partial charge >= 0.3 is 0 Å². The molecule has 0 aromatic rings. The summed E-state index contributed by atoms with van der Waals surface area (Å²) in [6.45, 7) is 3.17. The van der Waals surface area contributed by atoms with Crippen molar-refractivity contribution in [3.63, 3.8) is 0 Å². The smallest absolute Gasteiger partial charge is 0.0456 e. The second-order valence-electron chi connectivity index (χ2n) is 0.829. The Morgan fingerprint density at radius 2 is 1.89 bits per heavy atom. The van der Waals surface area contributed by atoms with E-state index in [4.69, 9.17) is 34.8 Å². The zero-order valence-corrected chi connectivity index (χ0v) is 7.05. The number of hydrogen-bond donors (Lipinski definition) is 0. The van der Waals surface area contributed by atoms with Crippen LogP contribution in [0, 0.1) is 0 Å². The molecule has 0 aromatic carbocycles. The zero-order valence-electron chi connectivity index (χ0n) is 4.78. The zero-order chi connectivity index (χ0) is 7.54. The van der Waals surface area contributed by atoms with Crippen molar-refractivity contribution in [1.29, 1.82) is 0 Å². The van der Waals surface area contributed by atoms with Crippen LogP contribution >= 0.6 is 34.8 Å². The molecule has 0 nitrogen and oxygen atoms in total. The van der Waals surface area contributed by atoms with E-state index in [9.17, 15) is 0 Å². The normalized spacial score (nSPS) is 7.44. The van der Waals surface area contributed by atoms with Gasteiger partial charge in [0, 0.05) is 17.0 Å². The van der Waals surface area contributed by atoms with Crippen molar-refractivity contribution in [3.05, 3.63) is 29.5 Å². The van der Waals surface area contributed by atoms with Crippen LogP contribution in [-0.4, -0.2) is 5.88 Å². The molecule has 0 aliphatic heterocycles. The molecule has 0 amide bonds. The maximum absolute atomic E-state index is 5.13. The van der Waals surface area contributed by atoms with Gasteiger partial charge in [-0.05, 0) is 0 Å². The molecule has 0 unspecified atom stereocenters. The van der Waals surface area contributed by atoms with Crippen LogP contribution in [0.3, 0.4) is 0 Å². The third kappa shape index (κ3) is 31.2. The van der Waals surface area contributed by atoms with Crippen molar-refractivity contribution < 1.29 is 0 Å². The van der Waals surface area contributed by atoms with Crippen molar-refractivity contribution >= 4 is 34.8 Å². The third-order valence-corrected chi connectivity index (χ3v) is 0.766. The van der Waals surface area contributed by atoms with Gasteiger partial charge in [0.15, 0.2) is 0 Å². The average molecular weight is 185 g/mol. The summed E-state index contributed by atoms with van der Waals surface area (Å²) in [6.07, 6.45) is 1.66. The first-order chi connectivity index (χ1) is 4.33. The predicted octanol–water partition coefficient (Wildman–Crippen LogP) is 3.50. The summed E-state index contributed by atoms with van der Waals surface area (Å²) in [5.41, 5.74) is 4.95. The Hall–Kier alpha value is 0.130. The number of hydrogen-bond acceptors (Lipinski definition) is 0. The van der Waals surface area contributed by atoms with E-state index in [1.807, 2.05) is 0 Å². The fourth-order valence-corrected chi connectivity index (χ4v) is 0.303. The molecule has 9 heavy (non-hydrogen) atoms. The SMILES string of the molecule is C=C=CCl.ClC=CCCl. The summed E-state index contributed by atoms with van der Waals surface area (Å²) in [7, 11) is 0. The lowest BCUT2D eigenvalue weighted by Crippen LogP contribution is -1.48. The highest BCUT2D eigenvalue weighted by Gasteiger charge is 1.56. The van der Waals surface area contributed by atoms with Crippen molar-refractivity contribution in [2.24, 2.45) is 0 Å². The Labute approximate surface area is 70.4 Å². The van der Waals surface area contributed by atoms with Gasteiger partial charge in [-0.15, -0.1) is 17.3 Å². The van der Waals surface area contributed by atoms with E-state index in [0.29, 0.717) is 5.88 Å². The van der Waals surface area contributed by atoms with Crippen LogP contribution in [0.25, 0.3) is 0 Å². The second-order valence-corrected chi connectivity index (χ2v) is 1.61. The van der Waals surface area contributed by atoms with Crippen LogP contribution in [0.15, 0.2) is 29.5 Å². The second kappa shape index (κ2) is 15.7. The third-order valence-electron chi connectivity index (χ3n) is 0.255. The topological polar surface area (TPSA) is 0 Å². The van der Waals surface area contributed by atoms with Gasteiger partial charge in [-0.3, -0.25) is 0 Å². The van der Waals surface area contributed by atoms with Crippen LogP contribution in [-0.2, 0) is 0 Å². The van der Waals surface area contributed by atoms with Gasteiger partial charge in [0.2, 0.25) is 0 Å². The predicted molar refractivity (Wildman–Crippen MR) is 45.3 cm³/mol. The Kier molecular flexibility index (Phi) is 20.7. The standard InChI is InChI=1S/C3H4Cl2.C3H3Cl/c4-2-1-3-5;1-2-3-4/h1-2H,3H2;3H,1H2. The van der Waals surface area contributed by atoms with Crippen molar-refractivity contribution in [1.82, 2.24) is 0 Å². The molecule has 0 atom stereocenters. The fraction of sp³-hybridized carbons (Fsp3) is 0.167. The van der Waals surface area contributed by atoms with Crippen LogP contribution in [0.2, 0.25) is 0 Å². The molecule has 0 heterocycles. The largest absolute Gasteiger partial charge is 0.122 e. The molecule has 52 valence electrons. The Balaban J connectivity index is 0. The maximum Gasteiger partial charge on any atom is 0.0456 e. The van der Waals surface area contributed by atoms with Crippen molar-refractivity contribution in [2.45, 2.75) is 0 Å². The van der Waals surface area contributed by atoms with E-state index >= 15 is 0 Å². The summed E-state index contributed by atoms with van der Waals surface area (Å²) >= 11 is 15.1. The number of halogens is 3. The summed E-state index contributed by atoms with van der Waals surface area (Å²) in [5, 5.41) is 0. The molecule has 0 aromatic heterocycles. The minimum atomic E-state index is 0.503. The minimum absolute atomic E-state index is 0.503. The minimum Gasteiger partial charge on any atom is -0.122 e. The molecule has 0 N–H and O–H groups in total. The van der Waals surface area contributed by atoms with Gasteiger partial charge in [0.05, 0.1) is 0 Å². The number of rotatable bonds is 1. The lowest BCUT2D eigenvalue weighted by Gasteiger charge is -1.61. The monoisotopic (exact) mass is 184 g/mol. The van der Waals surface area contributed by atoms with Crippen LogP contribution < -0.4 is 0 Å². The molecule has 0 aliphatic carbocycles. The summed E-state index contributed by atoms with van der Waals surface area (Å²) in [5.74, 6) is 0.503. The average Bonchev–Trinajstić information content (AvgIpc) is 1.91. The molecule has 0 saturated heterocycles. The highest BCUT2D eigenvalue weighted by atomic mass is 35.5. The molecule has 0 rings (SSSR count). The first-order valence-electron chi connectivity index (χ1n) is 2.09. The van der Waals surface area contributed by atoms with Crippen molar-refractivity contribution in [2.75, 3.05) is 5.88 Å². The highest BCUT2D eigenvalue weighted by molar-refractivity contribution is 6.26. The molecule has 0 spiro atoms. The molecular formula is C6H7Cl3. The van der Waals surface area contributed by atoms with Gasteiger partial charge in [0.1, 0.15) is 0 Å². The Morgan fingerprint density at radius 1 is 1.44 bits per heavy atom. The van der Waals surface area contributed by atoms with E-state index in [1.54, 1.807) is 6.08 Å². The molecule has 0 fully saturated rings. The van der Waals surface area contributed by atoms with E-state index in [0.717, 1.165) is 0 Å². The van der Waals surface area contributed by atoms with Crippen molar-refractivity contribution in [3.8, 4) is 0 Å². The highest BCUT2D eigenvalue weighted by Crippen LogP contribution is 1.79. The number of allylic oxidation sites excluding steroid dienone is 1. The molecular weight excluding hydrogens is 178 g/mol. The Morgan fingerprint density at radius 3 is 1.89 bits per heavy atom. The van der Waals surface area contributed by atoms with Gasteiger partial charge in [0.25, 0.3) is 0 Å². The van der Waals surface area contributed by atoms with E-state index in [1.165, 1.54) is 11.1 Å². The Bertz CT molecular complexity index is 101. The van der Waals surface area contributed by atoms with E-state index in [2.05, 4.69) is 12.3 Å². The lowest BCUT2D eigenvalue weighted by atomic mass is 10.8. The van der Waals surface area contributed by atoms with E-state index in [-0.39, 0.29) is 0 Å². The molecule has 0 radical (unpaired) electrons. The quantitative estimate of drug-likeness (QED) is 0.433. The molecule has 0 aliphatic rings. The van der Waals surface area contributed by atoms with Crippen LogP contribution in [0.5, 0.6) is 0 Å². The molecule has 0 bridgehead atoms. The summed E-state index contributed by atoms with van der Waals surface area (Å²) < 4.78 is 0. The summed E-state index contributed by atoms with van der Waals surface area (Å²) in [6, 6.07) is 0. The fourth-order valence-electron chi connectivity index (χ4n) is 0.0337. The maximum atomic E-state index is 5.13. The van der Waals surface area contributed by atoms with Gasteiger partial charge in [-0.2, -0.15) is 0 Å². The molecule has 3 heteroatoms. The lowest BCUT2D eigenvalue weighted by molar-refractivity contribution is 1.79. The summed E-state index contributed by atoms with van der Waals surface area (Å²) in [4.78, 5) is 0. The van der Waals surface area contributed by atoms with E-state index < -0.39 is 0 Å². The molecule has 0 saturated carbocycles.